The minimum Gasteiger partial charge on any atom is -0.476 e. The summed E-state index contributed by atoms with van der Waals surface area (Å²) in [4.78, 5) is 14.7. The lowest BCUT2D eigenvalue weighted by atomic mass is 10.1. The largest absolute Gasteiger partial charge is 0.476 e. The highest BCUT2D eigenvalue weighted by Gasteiger charge is 2.23. The maximum atomic E-state index is 14.2. The van der Waals surface area contributed by atoms with Crippen molar-refractivity contribution in [2.24, 2.45) is 0 Å². The minimum absolute atomic E-state index is 0.169. The molecule has 0 aliphatic carbocycles. The van der Waals surface area contributed by atoms with E-state index < -0.39 is 34.5 Å². The molecule has 0 unspecified atom stereocenters. The van der Waals surface area contributed by atoms with Crippen LogP contribution in [0.1, 0.15) is 22.5 Å². The minimum atomic E-state index is -3.14. The number of halogens is 5. The van der Waals surface area contributed by atoms with Crippen LogP contribution in [-0.4, -0.2) is 16.1 Å². The predicted octanol–water partition coefficient (Wildman–Crippen LogP) is 4.41. The molecular weight excluding hydrogens is 344 g/mol. The molecule has 0 aliphatic rings. The Morgan fingerprint density at radius 3 is 2.50 bits per heavy atom. The number of pyridine rings is 1. The summed E-state index contributed by atoms with van der Waals surface area (Å²) in [6, 6.07) is 3.26. The number of anilines is 1. The predicted molar refractivity (Wildman–Crippen MR) is 76.0 cm³/mol. The monoisotopic (exact) mass is 350 g/mol. The molecule has 1 aromatic carbocycles. The Hall–Kier alpha value is -1.99. The third-order valence-electron chi connectivity index (χ3n) is 2.81. The van der Waals surface area contributed by atoms with Crippen LogP contribution in [-0.2, 0) is 0 Å². The number of nitrogens with zero attached hydrogens (tertiary/aromatic N) is 1. The zero-order valence-electron chi connectivity index (χ0n) is 10.6. The number of carboxylic acids is 1. The Morgan fingerprint density at radius 1 is 1.32 bits per heavy atom. The molecule has 0 radical (unpaired) electrons. The normalized spacial score (nSPS) is 11.0. The van der Waals surface area contributed by atoms with Gasteiger partial charge in [-0.1, -0.05) is 23.2 Å². The molecular formula is C13H7Cl2F3N2O2. The van der Waals surface area contributed by atoms with Crippen LogP contribution in [0, 0.1) is 5.82 Å². The van der Waals surface area contributed by atoms with Crippen molar-refractivity contribution in [3.8, 4) is 11.3 Å². The van der Waals surface area contributed by atoms with Crippen LogP contribution in [0.3, 0.4) is 0 Å². The van der Waals surface area contributed by atoms with Gasteiger partial charge in [0.2, 0.25) is 0 Å². The lowest BCUT2D eigenvalue weighted by Crippen LogP contribution is -2.06. The van der Waals surface area contributed by atoms with Crippen molar-refractivity contribution in [2.75, 3.05) is 5.73 Å². The van der Waals surface area contributed by atoms with E-state index in [-0.39, 0.29) is 22.0 Å². The third-order valence-corrected chi connectivity index (χ3v) is 3.54. The Bertz CT molecular complexity index is 769. The SMILES string of the molecule is Nc1cc(-c2ccc(Cl)c(C(F)F)c2F)nc(C(=O)O)c1Cl. The van der Waals surface area contributed by atoms with Crippen LogP contribution in [0.2, 0.25) is 10.0 Å². The number of nitrogen functional groups attached to an aromatic ring is 1. The molecule has 1 heterocycles. The third kappa shape index (κ3) is 2.82. The van der Waals surface area contributed by atoms with E-state index in [2.05, 4.69) is 4.98 Å². The van der Waals surface area contributed by atoms with E-state index in [1.54, 1.807) is 0 Å². The first-order chi connectivity index (χ1) is 10.2. The molecule has 1 aromatic heterocycles. The molecule has 0 saturated carbocycles. The summed E-state index contributed by atoms with van der Waals surface area (Å²) in [5.41, 5.74) is 3.18. The van der Waals surface area contributed by atoms with Crippen LogP contribution in [0.15, 0.2) is 18.2 Å². The van der Waals surface area contributed by atoms with Gasteiger partial charge in [0.25, 0.3) is 6.43 Å². The van der Waals surface area contributed by atoms with Crippen LogP contribution in [0.4, 0.5) is 18.9 Å². The number of hydrogen-bond acceptors (Lipinski definition) is 3. The number of benzene rings is 1. The molecule has 0 saturated heterocycles. The second-order valence-corrected chi connectivity index (χ2v) is 4.97. The standard InChI is InChI=1S/C13H7Cl2F3N2O2/c14-5-2-1-4(10(16)8(5)12(17)18)7-3-6(19)9(15)11(20-7)13(21)22/h1-3,12H,(H2,19,20)(H,21,22). The Morgan fingerprint density at radius 2 is 1.95 bits per heavy atom. The number of hydrogen-bond donors (Lipinski definition) is 2. The Labute approximate surface area is 132 Å². The molecule has 0 spiro atoms. The first kappa shape index (κ1) is 16.4. The summed E-state index contributed by atoms with van der Waals surface area (Å²) in [7, 11) is 0. The van der Waals surface area contributed by atoms with Crippen LogP contribution >= 0.6 is 23.2 Å². The van der Waals surface area contributed by atoms with Crippen LogP contribution in [0.25, 0.3) is 11.3 Å². The first-order valence-electron chi connectivity index (χ1n) is 5.69. The number of rotatable bonds is 3. The summed E-state index contributed by atoms with van der Waals surface area (Å²) in [6.07, 6.45) is -3.14. The van der Waals surface area contributed by atoms with Gasteiger partial charge in [0.05, 0.1) is 27.0 Å². The molecule has 0 amide bonds. The van der Waals surface area contributed by atoms with Gasteiger partial charge in [0, 0.05) is 5.56 Å². The van der Waals surface area contributed by atoms with Crippen LogP contribution < -0.4 is 5.73 Å². The fourth-order valence-electron chi connectivity index (χ4n) is 1.80. The topological polar surface area (TPSA) is 76.2 Å². The molecule has 4 nitrogen and oxygen atoms in total. The van der Waals surface area contributed by atoms with E-state index in [9.17, 15) is 18.0 Å². The number of alkyl halides is 2. The van der Waals surface area contributed by atoms with E-state index in [0.717, 1.165) is 18.2 Å². The lowest BCUT2D eigenvalue weighted by Gasteiger charge is -2.11. The van der Waals surface area contributed by atoms with E-state index in [0.29, 0.717) is 0 Å². The second kappa shape index (κ2) is 6.02. The van der Waals surface area contributed by atoms with E-state index in [1.807, 2.05) is 0 Å². The number of carbonyl (C=O) groups is 1. The van der Waals surface area contributed by atoms with Gasteiger partial charge in [-0.3, -0.25) is 0 Å². The number of aromatic nitrogens is 1. The smallest absolute Gasteiger partial charge is 0.356 e. The average Bonchev–Trinajstić information content (AvgIpc) is 2.41. The highest BCUT2D eigenvalue weighted by molar-refractivity contribution is 6.35. The van der Waals surface area contributed by atoms with Gasteiger partial charge >= 0.3 is 5.97 Å². The van der Waals surface area contributed by atoms with Gasteiger partial charge in [-0.25, -0.2) is 22.9 Å². The second-order valence-electron chi connectivity index (χ2n) is 4.19. The maximum Gasteiger partial charge on any atom is 0.356 e. The maximum absolute atomic E-state index is 14.2. The van der Waals surface area contributed by atoms with Gasteiger partial charge in [-0.2, -0.15) is 0 Å². The van der Waals surface area contributed by atoms with E-state index >= 15 is 0 Å². The zero-order valence-corrected chi connectivity index (χ0v) is 12.1. The van der Waals surface area contributed by atoms with Crippen molar-refractivity contribution >= 4 is 34.9 Å². The van der Waals surface area contributed by atoms with Crippen molar-refractivity contribution < 1.29 is 23.1 Å². The summed E-state index contributed by atoms with van der Waals surface area (Å²) in [5.74, 6) is -2.78. The van der Waals surface area contributed by atoms with Crippen molar-refractivity contribution in [3.05, 3.63) is 45.3 Å². The van der Waals surface area contributed by atoms with Crippen molar-refractivity contribution in [1.82, 2.24) is 4.98 Å². The summed E-state index contributed by atoms with van der Waals surface area (Å²) >= 11 is 11.2. The Balaban J connectivity index is 2.73. The Kier molecular flexibility index (Phi) is 4.48. The van der Waals surface area contributed by atoms with Gasteiger partial charge in [-0.05, 0) is 18.2 Å². The molecule has 0 aliphatic heterocycles. The van der Waals surface area contributed by atoms with E-state index in [4.69, 9.17) is 34.0 Å². The fourth-order valence-corrected chi connectivity index (χ4v) is 2.20. The molecule has 22 heavy (non-hydrogen) atoms. The van der Waals surface area contributed by atoms with E-state index in [1.165, 1.54) is 0 Å². The highest BCUT2D eigenvalue weighted by atomic mass is 35.5. The molecule has 0 atom stereocenters. The molecule has 3 N–H and O–H groups in total. The summed E-state index contributed by atoms with van der Waals surface area (Å²) in [6.45, 7) is 0. The summed E-state index contributed by atoms with van der Waals surface area (Å²) in [5, 5.41) is 8.21. The van der Waals surface area contributed by atoms with Crippen LogP contribution in [0.5, 0.6) is 0 Å². The number of nitrogens with two attached hydrogens (primary N) is 1. The zero-order chi connectivity index (χ0) is 16.6. The average molecular weight is 351 g/mol. The molecule has 2 aromatic rings. The number of aromatic carboxylic acids is 1. The fraction of sp³-hybridized carbons (Fsp3) is 0.0769. The lowest BCUT2D eigenvalue weighted by molar-refractivity contribution is 0.0691. The first-order valence-corrected chi connectivity index (χ1v) is 6.45. The quantitative estimate of drug-likeness (QED) is 0.859. The van der Waals surface area contributed by atoms with Crippen molar-refractivity contribution in [1.29, 1.82) is 0 Å². The molecule has 9 heteroatoms. The molecule has 116 valence electrons. The van der Waals surface area contributed by atoms with Gasteiger partial charge in [0.1, 0.15) is 5.82 Å². The van der Waals surface area contributed by atoms with Gasteiger partial charge < -0.3 is 10.8 Å². The highest BCUT2D eigenvalue weighted by Crippen LogP contribution is 2.36. The molecule has 0 fully saturated rings. The molecule has 0 bridgehead atoms. The van der Waals surface area contributed by atoms with Gasteiger partial charge in [-0.15, -0.1) is 0 Å². The summed E-state index contributed by atoms with van der Waals surface area (Å²) < 4.78 is 39.9. The van der Waals surface area contributed by atoms with Gasteiger partial charge in [0.15, 0.2) is 5.69 Å². The van der Waals surface area contributed by atoms with Crippen molar-refractivity contribution in [3.63, 3.8) is 0 Å². The number of carboxylic acid groups (broad SMARTS) is 1. The molecule has 2 rings (SSSR count). The van der Waals surface area contributed by atoms with Crippen molar-refractivity contribution in [2.45, 2.75) is 6.43 Å².